The van der Waals surface area contributed by atoms with Crippen molar-refractivity contribution in [2.45, 2.75) is 25.8 Å². The zero-order valence-electron chi connectivity index (χ0n) is 19.2. The van der Waals surface area contributed by atoms with Gasteiger partial charge in [0.05, 0.1) is 11.4 Å². The molecular formula is C25H25Cl2F2N5O. The Morgan fingerprint density at radius 2 is 1.77 bits per heavy atom. The van der Waals surface area contributed by atoms with Crippen LogP contribution in [0.25, 0.3) is 22.5 Å². The van der Waals surface area contributed by atoms with Gasteiger partial charge in [-0.2, -0.15) is 0 Å². The number of piperidine rings is 1. The fourth-order valence-electron chi connectivity index (χ4n) is 5.27. The van der Waals surface area contributed by atoms with Gasteiger partial charge in [0.25, 0.3) is 6.43 Å². The number of carbonyl (C=O) groups excluding carboxylic acids is 1. The highest BCUT2D eigenvalue weighted by molar-refractivity contribution is 6.30. The number of imidazole rings is 1. The number of rotatable bonds is 5. The van der Waals surface area contributed by atoms with Crippen LogP contribution < -0.4 is 0 Å². The summed E-state index contributed by atoms with van der Waals surface area (Å²) in [5, 5.41) is 0.670. The number of nitrogens with zero attached hydrogens (tertiary/aromatic N) is 5. The lowest BCUT2D eigenvalue weighted by molar-refractivity contribution is -0.136. The summed E-state index contributed by atoms with van der Waals surface area (Å²) in [5.41, 5.74) is 2.12. The van der Waals surface area contributed by atoms with E-state index in [1.165, 1.54) is 12.3 Å². The summed E-state index contributed by atoms with van der Waals surface area (Å²) >= 11 is 12.6. The molecule has 2 saturated heterocycles. The normalized spacial score (nSPS) is 17.7. The first-order valence-corrected chi connectivity index (χ1v) is 12.2. The summed E-state index contributed by atoms with van der Waals surface area (Å²) in [6, 6.07) is 9.94. The zero-order valence-corrected chi connectivity index (χ0v) is 20.7. The van der Waals surface area contributed by atoms with Gasteiger partial charge in [-0.25, -0.2) is 13.8 Å². The summed E-state index contributed by atoms with van der Waals surface area (Å²) in [7, 11) is 2.11. The van der Waals surface area contributed by atoms with E-state index in [4.69, 9.17) is 23.2 Å². The lowest BCUT2D eigenvalue weighted by Gasteiger charge is -2.52. The number of benzene rings is 1. The molecule has 35 heavy (non-hydrogen) atoms. The molecule has 0 aliphatic carbocycles. The number of alkyl halides is 2. The van der Waals surface area contributed by atoms with Gasteiger partial charge in [0, 0.05) is 48.5 Å². The molecule has 1 aromatic carbocycles. The van der Waals surface area contributed by atoms with E-state index in [1.54, 1.807) is 34.9 Å². The van der Waals surface area contributed by atoms with Crippen LogP contribution in [0.1, 0.15) is 25.0 Å². The molecule has 2 aliphatic rings. The number of amides is 1. The van der Waals surface area contributed by atoms with E-state index < -0.39 is 6.43 Å². The molecule has 2 aromatic heterocycles. The molecule has 184 valence electrons. The minimum absolute atomic E-state index is 0.0337. The van der Waals surface area contributed by atoms with Crippen LogP contribution in [-0.4, -0.2) is 63.5 Å². The van der Waals surface area contributed by atoms with Crippen molar-refractivity contribution in [3.8, 4) is 22.5 Å². The van der Waals surface area contributed by atoms with Gasteiger partial charge >= 0.3 is 0 Å². The molecule has 1 amide bonds. The first-order chi connectivity index (χ1) is 16.7. The fraction of sp³-hybridized carbons (Fsp3) is 0.400. The van der Waals surface area contributed by atoms with Gasteiger partial charge in [0.2, 0.25) is 11.2 Å². The molecule has 0 unspecified atom stereocenters. The Balaban J connectivity index is 1.48. The monoisotopic (exact) mass is 519 g/mol. The average Bonchev–Trinajstić information content (AvgIpc) is 3.15. The first-order valence-electron chi connectivity index (χ1n) is 11.5. The Kier molecular flexibility index (Phi) is 6.55. The first kappa shape index (κ1) is 24.2. The van der Waals surface area contributed by atoms with Crippen LogP contribution in [0.4, 0.5) is 8.78 Å². The van der Waals surface area contributed by atoms with E-state index >= 15 is 0 Å². The van der Waals surface area contributed by atoms with Crippen LogP contribution in [0, 0.1) is 5.41 Å². The third-order valence-corrected chi connectivity index (χ3v) is 7.54. The predicted octanol–water partition coefficient (Wildman–Crippen LogP) is 5.41. The minimum atomic E-state index is -2.73. The lowest BCUT2D eigenvalue weighted by Crippen LogP contribution is -2.59. The second-order valence-electron chi connectivity index (χ2n) is 9.49. The average molecular weight is 520 g/mol. The lowest BCUT2D eigenvalue weighted by atomic mass is 9.72. The van der Waals surface area contributed by atoms with Gasteiger partial charge in [-0.15, -0.1) is 0 Å². The number of pyridine rings is 1. The fourth-order valence-corrected chi connectivity index (χ4v) is 5.62. The Morgan fingerprint density at radius 3 is 2.40 bits per heavy atom. The number of hydrogen-bond acceptors (Lipinski definition) is 4. The molecule has 0 N–H and O–H groups in total. The third kappa shape index (κ3) is 4.79. The Bertz CT molecular complexity index is 1230. The van der Waals surface area contributed by atoms with Crippen LogP contribution in [0.3, 0.4) is 0 Å². The van der Waals surface area contributed by atoms with E-state index in [0.29, 0.717) is 46.0 Å². The third-order valence-electron chi connectivity index (χ3n) is 7.00. The van der Waals surface area contributed by atoms with E-state index in [-0.39, 0.29) is 23.4 Å². The number of halogens is 4. The predicted molar refractivity (Wildman–Crippen MR) is 132 cm³/mol. The second kappa shape index (κ2) is 9.48. The maximum atomic E-state index is 13.4. The molecule has 0 radical (unpaired) electrons. The van der Waals surface area contributed by atoms with Gasteiger partial charge in [0.15, 0.2) is 0 Å². The quantitative estimate of drug-likeness (QED) is 0.452. The van der Waals surface area contributed by atoms with E-state index in [0.717, 1.165) is 25.9 Å². The number of hydrogen-bond donors (Lipinski definition) is 0. The molecule has 0 bridgehead atoms. The summed E-state index contributed by atoms with van der Waals surface area (Å²) in [6.07, 6.45) is 0.556. The van der Waals surface area contributed by atoms with Crippen molar-refractivity contribution >= 4 is 29.1 Å². The molecule has 6 nitrogen and oxygen atoms in total. The summed E-state index contributed by atoms with van der Waals surface area (Å²) in [6.45, 7) is 3.51. The van der Waals surface area contributed by atoms with Crippen molar-refractivity contribution < 1.29 is 13.6 Å². The molecule has 5 rings (SSSR count). The van der Waals surface area contributed by atoms with E-state index in [2.05, 4.69) is 21.9 Å². The maximum absolute atomic E-state index is 13.4. The van der Waals surface area contributed by atoms with Crippen molar-refractivity contribution in [2.24, 2.45) is 5.41 Å². The topological polar surface area (TPSA) is 54.3 Å². The van der Waals surface area contributed by atoms with Crippen LogP contribution in [0.5, 0.6) is 0 Å². The van der Waals surface area contributed by atoms with Crippen molar-refractivity contribution in [3.63, 3.8) is 0 Å². The molecule has 1 spiro atoms. The Hall–Kier alpha value is -2.55. The molecule has 4 heterocycles. The van der Waals surface area contributed by atoms with Crippen LogP contribution >= 0.6 is 23.2 Å². The Morgan fingerprint density at radius 1 is 1.09 bits per heavy atom. The van der Waals surface area contributed by atoms with E-state index in [9.17, 15) is 13.6 Å². The molecule has 2 fully saturated rings. The van der Waals surface area contributed by atoms with Crippen molar-refractivity contribution in [1.82, 2.24) is 24.3 Å². The van der Waals surface area contributed by atoms with Gasteiger partial charge in [-0.1, -0.05) is 23.7 Å². The smallest absolute Gasteiger partial charge is 0.280 e. The highest BCUT2D eigenvalue weighted by Crippen LogP contribution is 2.40. The number of aromatic nitrogens is 3. The molecule has 3 aromatic rings. The second-order valence-corrected chi connectivity index (χ2v) is 10.3. The minimum Gasteiger partial charge on any atom is -0.341 e. The Labute approximate surface area is 212 Å². The van der Waals surface area contributed by atoms with Crippen LogP contribution in [0.15, 0.2) is 42.6 Å². The van der Waals surface area contributed by atoms with Gasteiger partial charge in [0.1, 0.15) is 12.2 Å². The van der Waals surface area contributed by atoms with Crippen LogP contribution in [-0.2, 0) is 11.3 Å². The zero-order chi connectivity index (χ0) is 24.7. The SMILES string of the molecule is CN1CC2(CCN(C(=O)Cn3c(Cl)nc(-c4ccc(Cl)cc4)c3-c3ccnc(C(F)F)c3)CC2)C1. The standard InChI is InChI=1S/C25H25Cl2F2N5O/c1-32-14-25(15-32)7-10-33(11-8-25)20(35)13-34-22(17-6-9-30-19(12-17)23(28)29)21(31-24(34)27)16-2-4-18(26)5-3-16/h2-6,9,12,23H,7-8,10-11,13-15H2,1H3. The van der Waals surface area contributed by atoms with Crippen molar-refractivity contribution in [1.29, 1.82) is 0 Å². The highest BCUT2D eigenvalue weighted by atomic mass is 35.5. The molecule has 10 heteroatoms. The maximum Gasteiger partial charge on any atom is 0.280 e. The van der Waals surface area contributed by atoms with Gasteiger partial charge in [-0.3, -0.25) is 9.78 Å². The molecular weight excluding hydrogens is 495 g/mol. The van der Waals surface area contributed by atoms with Gasteiger partial charge in [-0.05, 0) is 61.2 Å². The van der Waals surface area contributed by atoms with Crippen molar-refractivity contribution in [2.75, 3.05) is 33.2 Å². The largest absolute Gasteiger partial charge is 0.341 e. The van der Waals surface area contributed by atoms with E-state index in [1.807, 2.05) is 4.90 Å². The number of likely N-dealkylation sites (tertiary alicyclic amines) is 2. The van der Waals surface area contributed by atoms with Gasteiger partial charge < -0.3 is 14.4 Å². The summed E-state index contributed by atoms with van der Waals surface area (Å²) in [5.74, 6) is -0.0705. The van der Waals surface area contributed by atoms with Crippen molar-refractivity contribution in [3.05, 3.63) is 58.6 Å². The summed E-state index contributed by atoms with van der Waals surface area (Å²) < 4.78 is 28.4. The molecule has 2 aliphatic heterocycles. The molecule has 0 atom stereocenters. The molecule has 0 saturated carbocycles. The number of carbonyl (C=O) groups is 1. The van der Waals surface area contributed by atoms with Crippen LogP contribution in [0.2, 0.25) is 10.3 Å². The highest BCUT2D eigenvalue weighted by Gasteiger charge is 2.43. The summed E-state index contributed by atoms with van der Waals surface area (Å²) in [4.78, 5) is 25.8.